The Hall–Kier alpha value is -1.58. The number of hydroxylamine groups is 2. The Bertz CT molecular complexity index is 270. The first-order valence-electron chi connectivity index (χ1n) is 3.99. The number of nitrogens with zero attached hydrogens (tertiary/aromatic N) is 1. The van der Waals surface area contributed by atoms with E-state index in [1.54, 1.807) is 0 Å². The quantitative estimate of drug-likeness (QED) is 0.478. The maximum atomic E-state index is 11.1. The van der Waals surface area contributed by atoms with Crippen molar-refractivity contribution in [2.24, 2.45) is 0 Å². The lowest BCUT2D eigenvalue weighted by Gasteiger charge is -2.13. The summed E-state index contributed by atoms with van der Waals surface area (Å²) < 4.78 is 0. The van der Waals surface area contributed by atoms with Gasteiger partial charge in [0, 0.05) is 6.42 Å². The number of carbonyl (C=O) groups excluding carboxylic acids is 2. The van der Waals surface area contributed by atoms with Gasteiger partial charge in [0.1, 0.15) is 0 Å². The molecule has 0 aliphatic carbocycles. The average molecular weight is 181 g/mol. The molecular formula is C9H11NO3. The zero-order chi connectivity index (χ0) is 9.84. The van der Waals surface area contributed by atoms with Gasteiger partial charge in [0.25, 0.3) is 5.91 Å². The van der Waals surface area contributed by atoms with Crippen LogP contribution < -0.4 is 0 Å². The van der Waals surface area contributed by atoms with Gasteiger partial charge in [0.05, 0.1) is 12.1 Å². The topological polar surface area (TPSA) is 46.6 Å². The van der Waals surface area contributed by atoms with E-state index in [0.717, 1.165) is 11.5 Å². The average Bonchev–Trinajstić information content (AvgIpc) is 2.50. The maximum Gasteiger partial charge on any atom is 0.362 e. The molecule has 0 aromatic carbocycles. The molecule has 1 rings (SSSR count). The first kappa shape index (κ1) is 9.51. The van der Waals surface area contributed by atoms with E-state index >= 15 is 0 Å². The van der Waals surface area contributed by atoms with E-state index in [1.807, 2.05) is 0 Å². The van der Waals surface area contributed by atoms with Crippen molar-refractivity contribution in [3.8, 4) is 0 Å². The lowest BCUT2D eigenvalue weighted by atomic mass is 10.3. The summed E-state index contributed by atoms with van der Waals surface area (Å²) in [6, 6.07) is 0. The Morgan fingerprint density at radius 1 is 1.62 bits per heavy atom. The molecule has 1 saturated heterocycles. The van der Waals surface area contributed by atoms with E-state index in [-0.39, 0.29) is 11.5 Å². The van der Waals surface area contributed by atoms with Gasteiger partial charge < -0.3 is 4.84 Å². The zero-order valence-electron chi connectivity index (χ0n) is 7.28. The van der Waals surface area contributed by atoms with Crippen LogP contribution >= 0.6 is 0 Å². The minimum Gasteiger partial charge on any atom is -0.333 e. The third-order valence-corrected chi connectivity index (χ3v) is 1.73. The van der Waals surface area contributed by atoms with Gasteiger partial charge in [-0.2, -0.15) is 5.06 Å². The number of carbonyl (C=O) groups is 2. The first-order valence-corrected chi connectivity index (χ1v) is 3.99. The van der Waals surface area contributed by atoms with Crippen molar-refractivity contribution in [3.05, 3.63) is 24.8 Å². The van der Waals surface area contributed by atoms with Gasteiger partial charge in [-0.05, 0) is 6.42 Å². The standard InChI is InChI=1S/C9H11NO3/c1-3-7(2)9(12)13-10-6-4-5-8(10)11/h3H,1-2,4-6H2. The van der Waals surface area contributed by atoms with Crippen molar-refractivity contribution in [2.45, 2.75) is 12.8 Å². The predicted molar refractivity (Wildman–Crippen MR) is 46.4 cm³/mol. The Morgan fingerprint density at radius 2 is 2.31 bits per heavy atom. The van der Waals surface area contributed by atoms with Crippen LogP contribution in [0.1, 0.15) is 12.8 Å². The molecule has 0 aromatic rings. The van der Waals surface area contributed by atoms with E-state index in [1.165, 1.54) is 6.08 Å². The lowest BCUT2D eigenvalue weighted by molar-refractivity contribution is -0.188. The van der Waals surface area contributed by atoms with Crippen LogP contribution in [-0.2, 0) is 14.4 Å². The van der Waals surface area contributed by atoms with E-state index in [9.17, 15) is 9.59 Å². The molecule has 1 fully saturated rings. The van der Waals surface area contributed by atoms with E-state index in [0.29, 0.717) is 13.0 Å². The van der Waals surface area contributed by atoms with Crippen LogP contribution in [0.2, 0.25) is 0 Å². The highest BCUT2D eigenvalue weighted by atomic mass is 16.7. The zero-order valence-corrected chi connectivity index (χ0v) is 7.28. The number of amides is 1. The summed E-state index contributed by atoms with van der Waals surface area (Å²) in [5.74, 6) is -0.782. The summed E-state index contributed by atoms with van der Waals surface area (Å²) in [7, 11) is 0. The second-order valence-corrected chi connectivity index (χ2v) is 2.71. The second-order valence-electron chi connectivity index (χ2n) is 2.71. The van der Waals surface area contributed by atoms with Gasteiger partial charge in [-0.1, -0.05) is 19.2 Å². The molecule has 0 N–H and O–H groups in total. The third kappa shape index (κ3) is 2.18. The highest BCUT2D eigenvalue weighted by molar-refractivity contribution is 5.91. The van der Waals surface area contributed by atoms with E-state index in [4.69, 9.17) is 4.84 Å². The van der Waals surface area contributed by atoms with Crippen molar-refractivity contribution in [3.63, 3.8) is 0 Å². The fraction of sp³-hybridized carbons (Fsp3) is 0.333. The van der Waals surface area contributed by atoms with Crippen molar-refractivity contribution in [2.75, 3.05) is 6.54 Å². The molecule has 70 valence electrons. The first-order chi connectivity index (χ1) is 6.15. The summed E-state index contributed by atoms with van der Waals surface area (Å²) in [5, 5.41) is 1.07. The molecule has 0 spiro atoms. The fourth-order valence-electron chi connectivity index (χ4n) is 0.962. The fourth-order valence-corrected chi connectivity index (χ4v) is 0.962. The van der Waals surface area contributed by atoms with Crippen molar-refractivity contribution in [1.82, 2.24) is 5.06 Å². The predicted octanol–water partition coefficient (Wildman–Crippen LogP) is 0.809. The van der Waals surface area contributed by atoms with Crippen LogP contribution in [0.5, 0.6) is 0 Å². The SMILES string of the molecule is C=CC(=C)C(=O)ON1CCCC1=O. The summed E-state index contributed by atoms with van der Waals surface area (Å²) in [6.45, 7) is 7.25. The molecule has 1 aliphatic rings. The normalized spacial score (nSPS) is 15.7. The molecule has 1 amide bonds. The summed E-state index contributed by atoms with van der Waals surface area (Å²) >= 11 is 0. The van der Waals surface area contributed by atoms with Crippen molar-refractivity contribution < 1.29 is 14.4 Å². The number of rotatable bonds is 3. The van der Waals surface area contributed by atoms with Crippen LogP contribution in [0.4, 0.5) is 0 Å². The summed E-state index contributed by atoms with van der Waals surface area (Å²) in [6.07, 6.45) is 2.46. The Labute approximate surface area is 76.4 Å². The molecule has 0 saturated carbocycles. The maximum absolute atomic E-state index is 11.1. The molecule has 1 heterocycles. The smallest absolute Gasteiger partial charge is 0.333 e. The van der Waals surface area contributed by atoms with Crippen LogP contribution in [0, 0.1) is 0 Å². The molecular weight excluding hydrogens is 170 g/mol. The highest BCUT2D eigenvalue weighted by Crippen LogP contribution is 2.11. The van der Waals surface area contributed by atoms with E-state index in [2.05, 4.69) is 13.2 Å². The lowest BCUT2D eigenvalue weighted by Crippen LogP contribution is -2.28. The molecule has 4 nitrogen and oxygen atoms in total. The molecule has 0 atom stereocenters. The minimum atomic E-state index is -0.620. The summed E-state index contributed by atoms with van der Waals surface area (Å²) in [5.41, 5.74) is 0.152. The van der Waals surface area contributed by atoms with Gasteiger partial charge in [0.15, 0.2) is 0 Å². The summed E-state index contributed by atoms with van der Waals surface area (Å²) in [4.78, 5) is 26.9. The Kier molecular flexibility index (Phi) is 2.84. The van der Waals surface area contributed by atoms with Gasteiger partial charge in [-0.25, -0.2) is 4.79 Å². The van der Waals surface area contributed by atoms with Gasteiger partial charge in [0.2, 0.25) is 0 Å². The molecule has 0 unspecified atom stereocenters. The second kappa shape index (κ2) is 3.89. The molecule has 13 heavy (non-hydrogen) atoms. The highest BCUT2D eigenvalue weighted by Gasteiger charge is 2.24. The Morgan fingerprint density at radius 3 is 2.77 bits per heavy atom. The number of hydrogen-bond acceptors (Lipinski definition) is 3. The van der Waals surface area contributed by atoms with Crippen LogP contribution in [-0.4, -0.2) is 23.5 Å². The molecule has 0 radical (unpaired) electrons. The largest absolute Gasteiger partial charge is 0.362 e. The molecule has 1 aliphatic heterocycles. The Balaban J connectivity index is 2.48. The monoisotopic (exact) mass is 181 g/mol. The molecule has 0 bridgehead atoms. The van der Waals surface area contributed by atoms with Crippen molar-refractivity contribution >= 4 is 11.9 Å². The van der Waals surface area contributed by atoms with Crippen LogP contribution in [0.15, 0.2) is 24.8 Å². The number of hydrogen-bond donors (Lipinski definition) is 0. The third-order valence-electron chi connectivity index (χ3n) is 1.73. The molecule has 4 heteroatoms. The van der Waals surface area contributed by atoms with Gasteiger partial charge in [-0.15, -0.1) is 0 Å². The van der Waals surface area contributed by atoms with Gasteiger partial charge in [-0.3, -0.25) is 4.79 Å². The van der Waals surface area contributed by atoms with Crippen molar-refractivity contribution in [1.29, 1.82) is 0 Å². The molecule has 0 aromatic heterocycles. The van der Waals surface area contributed by atoms with Crippen LogP contribution in [0.3, 0.4) is 0 Å². The van der Waals surface area contributed by atoms with Crippen LogP contribution in [0.25, 0.3) is 0 Å². The minimum absolute atomic E-state index is 0.152. The van der Waals surface area contributed by atoms with E-state index < -0.39 is 5.97 Å². The van der Waals surface area contributed by atoms with Gasteiger partial charge >= 0.3 is 5.97 Å².